The number of nitrogens with one attached hydrogen (secondary N) is 1. The van der Waals surface area contributed by atoms with E-state index in [1.165, 1.54) is 0 Å². The van der Waals surface area contributed by atoms with Crippen LogP contribution in [0.25, 0.3) is 11.4 Å². The van der Waals surface area contributed by atoms with E-state index in [1.807, 2.05) is 30.3 Å². The molecule has 0 atom stereocenters. The number of fused-ring (bicyclic) bond motifs is 3. The first-order valence-electron chi connectivity index (χ1n) is 7.35. The van der Waals surface area contributed by atoms with Gasteiger partial charge >= 0.3 is 0 Å². The highest BCUT2D eigenvalue weighted by Crippen LogP contribution is 2.37. The highest BCUT2D eigenvalue weighted by molar-refractivity contribution is 5.68. The van der Waals surface area contributed by atoms with E-state index < -0.39 is 0 Å². The SMILES string of the molecule is CN=c1ncc2cc(Oc3ccc(N)cc3)c3n(c-2n1)CCN3. The Morgan fingerprint density at radius 1 is 1.30 bits per heavy atom. The molecule has 0 bridgehead atoms. The summed E-state index contributed by atoms with van der Waals surface area (Å²) in [4.78, 5) is 12.8. The molecule has 7 heteroatoms. The van der Waals surface area contributed by atoms with Crippen LogP contribution in [0.15, 0.2) is 41.5 Å². The fraction of sp³-hybridized carbons (Fsp3) is 0.188. The summed E-state index contributed by atoms with van der Waals surface area (Å²) in [6.45, 7) is 1.66. The van der Waals surface area contributed by atoms with Gasteiger partial charge in [-0.1, -0.05) is 0 Å². The van der Waals surface area contributed by atoms with Gasteiger partial charge in [-0.2, -0.15) is 4.98 Å². The minimum atomic E-state index is 0.478. The van der Waals surface area contributed by atoms with Crippen molar-refractivity contribution < 1.29 is 4.74 Å². The fourth-order valence-corrected chi connectivity index (χ4v) is 2.67. The van der Waals surface area contributed by atoms with Crippen LogP contribution < -0.4 is 21.4 Å². The normalized spacial score (nSPS) is 13.9. The van der Waals surface area contributed by atoms with Crippen molar-refractivity contribution in [3.8, 4) is 22.9 Å². The average molecular weight is 308 g/mol. The molecule has 0 saturated carbocycles. The van der Waals surface area contributed by atoms with Gasteiger partial charge in [-0.3, -0.25) is 4.99 Å². The largest absolute Gasteiger partial charge is 0.454 e. The van der Waals surface area contributed by atoms with Crippen LogP contribution in [-0.4, -0.2) is 28.1 Å². The maximum atomic E-state index is 6.02. The van der Waals surface area contributed by atoms with Crippen molar-refractivity contribution >= 4 is 11.5 Å². The fourth-order valence-electron chi connectivity index (χ4n) is 2.67. The molecule has 0 amide bonds. The van der Waals surface area contributed by atoms with E-state index in [2.05, 4.69) is 24.8 Å². The molecule has 116 valence electrons. The molecule has 3 N–H and O–H groups in total. The Morgan fingerprint density at radius 3 is 2.91 bits per heavy atom. The molecule has 0 spiro atoms. The third-order valence-electron chi connectivity index (χ3n) is 3.76. The predicted octanol–water partition coefficient (Wildman–Crippen LogP) is 1.71. The number of anilines is 2. The minimum absolute atomic E-state index is 0.478. The van der Waals surface area contributed by atoms with E-state index in [0.717, 1.165) is 41.8 Å². The highest BCUT2D eigenvalue weighted by atomic mass is 16.5. The van der Waals surface area contributed by atoms with Crippen molar-refractivity contribution in [2.24, 2.45) is 4.99 Å². The molecular formula is C16H16N6O. The third-order valence-corrected chi connectivity index (χ3v) is 3.76. The van der Waals surface area contributed by atoms with Gasteiger partial charge in [0.1, 0.15) is 11.6 Å². The number of pyridine rings is 1. The van der Waals surface area contributed by atoms with Gasteiger partial charge in [-0.15, -0.1) is 0 Å². The molecule has 3 aliphatic rings. The summed E-state index contributed by atoms with van der Waals surface area (Å²) < 4.78 is 8.12. The molecule has 7 nitrogen and oxygen atoms in total. The Bertz CT molecular complexity index is 900. The first-order valence-corrected chi connectivity index (χ1v) is 7.35. The van der Waals surface area contributed by atoms with Crippen LogP contribution in [0.4, 0.5) is 11.5 Å². The molecular weight excluding hydrogens is 292 g/mol. The van der Waals surface area contributed by atoms with Gasteiger partial charge in [-0.25, -0.2) is 4.98 Å². The van der Waals surface area contributed by atoms with Crippen LogP contribution >= 0.6 is 0 Å². The summed E-state index contributed by atoms with van der Waals surface area (Å²) >= 11 is 0. The second-order valence-corrected chi connectivity index (χ2v) is 5.28. The van der Waals surface area contributed by atoms with Crippen molar-refractivity contribution in [2.45, 2.75) is 6.54 Å². The minimum Gasteiger partial charge on any atom is -0.454 e. The van der Waals surface area contributed by atoms with Crippen molar-refractivity contribution in [1.82, 2.24) is 14.5 Å². The summed E-state index contributed by atoms with van der Waals surface area (Å²) in [5, 5.41) is 3.35. The van der Waals surface area contributed by atoms with Gasteiger partial charge in [0.2, 0.25) is 5.62 Å². The van der Waals surface area contributed by atoms with Crippen LogP contribution in [0.1, 0.15) is 0 Å². The van der Waals surface area contributed by atoms with E-state index in [-0.39, 0.29) is 0 Å². The lowest BCUT2D eigenvalue weighted by molar-refractivity contribution is 0.480. The topological polar surface area (TPSA) is 90.4 Å². The summed E-state index contributed by atoms with van der Waals surface area (Å²) in [5.41, 5.74) is 7.81. The molecule has 23 heavy (non-hydrogen) atoms. The maximum Gasteiger partial charge on any atom is 0.246 e. The Balaban J connectivity index is 1.85. The third kappa shape index (κ3) is 2.36. The summed E-state index contributed by atoms with van der Waals surface area (Å²) in [7, 11) is 1.68. The summed E-state index contributed by atoms with van der Waals surface area (Å²) in [5.74, 6) is 3.24. The Hall–Kier alpha value is -3.09. The molecule has 3 heterocycles. The lowest BCUT2D eigenvalue weighted by atomic mass is 10.2. The van der Waals surface area contributed by atoms with E-state index in [9.17, 15) is 0 Å². The first-order chi connectivity index (χ1) is 11.2. The van der Waals surface area contributed by atoms with Crippen LogP contribution in [0.5, 0.6) is 11.5 Å². The molecule has 3 aliphatic heterocycles. The zero-order chi connectivity index (χ0) is 15.8. The Labute approximate surface area is 132 Å². The standard InChI is InChI=1S/C16H16N6O/c1-18-16-20-9-10-8-13(23-12-4-2-11(17)3-5-12)15-19-6-7-22(15)14(10)21-16/h2-5,8-9,19H,6-7,17H2,1H3. The molecule has 0 radical (unpaired) electrons. The number of aromatic nitrogens is 3. The zero-order valence-electron chi connectivity index (χ0n) is 12.7. The van der Waals surface area contributed by atoms with Crippen molar-refractivity contribution in [3.05, 3.63) is 42.1 Å². The summed E-state index contributed by atoms with van der Waals surface area (Å²) in [6.07, 6.45) is 1.77. The molecule has 4 rings (SSSR count). The second-order valence-electron chi connectivity index (χ2n) is 5.28. The number of benzene rings is 1. The molecule has 1 aromatic carbocycles. The van der Waals surface area contributed by atoms with Gasteiger partial charge in [0.05, 0.1) is 0 Å². The van der Waals surface area contributed by atoms with E-state index in [0.29, 0.717) is 11.3 Å². The van der Waals surface area contributed by atoms with Gasteiger partial charge in [0, 0.05) is 37.6 Å². The number of hydrogen-bond acceptors (Lipinski definition) is 6. The predicted molar refractivity (Wildman–Crippen MR) is 87.5 cm³/mol. The number of ether oxygens (including phenoxy) is 1. The smallest absolute Gasteiger partial charge is 0.246 e. The van der Waals surface area contributed by atoms with Crippen LogP contribution in [0.2, 0.25) is 0 Å². The first kappa shape index (κ1) is 13.6. The number of nitrogens with two attached hydrogens (primary N) is 1. The van der Waals surface area contributed by atoms with E-state index >= 15 is 0 Å². The van der Waals surface area contributed by atoms with Crippen molar-refractivity contribution in [1.29, 1.82) is 0 Å². The van der Waals surface area contributed by atoms with Crippen molar-refractivity contribution in [3.63, 3.8) is 0 Å². The molecule has 0 saturated heterocycles. The van der Waals surface area contributed by atoms with E-state index in [1.54, 1.807) is 13.2 Å². The van der Waals surface area contributed by atoms with Crippen molar-refractivity contribution in [2.75, 3.05) is 24.6 Å². The molecule has 1 aromatic rings. The maximum absolute atomic E-state index is 6.02. The molecule has 0 fully saturated rings. The second kappa shape index (κ2) is 5.28. The monoisotopic (exact) mass is 308 g/mol. The number of rotatable bonds is 2. The average Bonchev–Trinajstić information content (AvgIpc) is 3.07. The molecule has 0 unspecified atom stereocenters. The van der Waals surface area contributed by atoms with E-state index in [4.69, 9.17) is 10.5 Å². The number of nitrogens with zero attached hydrogens (tertiary/aromatic N) is 4. The van der Waals surface area contributed by atoms with Gasteiger partial charge < -0.3 is 20.4 Å². The van der Waals surface area contributed by atoms with Crippen LogP contribution in [0, 0.1) is 0 Å². The van der Waals surface area contributed by atoms with Crippen LogP contribution in [0.3, 0.4) is 0 Å². The van der Waals surface area contributed by atoms with Gasteiger partial charge in [0.15, 0.2) is 11.6 Å². The number of nitrogen functional groups attached to an aromatic ring is 1. The number of hydrogen-bond donors (Lipinski definition) is 2. The Kier molecular flexibility index (Phi) is 3.11. The molecule has 0 aromatic heterocycles. The lowest BCUT2D eigenvalue weighted by Gasteiger charge is -2.17. The lowest BCUT2D eigenvalue weighted by Crippen LogP contribution is -2.17. The van der Waals surface area contributed by atoms with Gasteiger partial charge in [0.25, 0.3) is 0 Å². The Morgan fingerprint density at radius 2 is 2.13 bits per heavy atom. The zero-order valence-corrected chi connectivity index (χ0v) is 12.7. The highest BCUT2D eigenvalue weighted by Gasteiger charge is 2.22. The van der Waals surface area contributed by atoms with Gasteiger partial charge in [-0.05, 0) is 30.3 Å². The summed E-state index contributed by atoms with van der Waals surface area (Å²) in [6, 6.07) is 9.27. The quantitative estimate of drug-likeness (QED) is 0.703. The molecule has 0 aliphatic carbocycles. The van der Waals surface area contributed by atoms with Crippen LogP contribution in [-0.2, 0) is 6.54 Å².